The van der Waals surface area contributed by atoms with Gasteiger partial charge in [0.1, 0.15) is 5.69 Å². The molecule has 1 saturated heterocycles. The largest absolute Gasteiger partial charge is 0.478 e. The number of nitrogens with zero attached hydrogens (tertiary/aromatic N) is 4. The first-order valence-corrected chi connectivity index (χ1v) is 9.44. The summed E-state index contributed by atoms with van der Waals surface area (Å²) < 4.78 is 1.76. The first kappa shape index (κ1) is 18.2. The fraction of sp³-hybridized carbons (Fsp3) is 0.333. The van der Waals surface area contributed by atoms with E-state index in [-0.39, 0.29) is 5.91 Å². The van der Waals surface area contributed by atoms with Gasteiger partial charge in [-0.1, -0.05) is 12.1 Å². The van der Waals surface area contributed by atoms with E-state index in [1.165, 1.54) is 0 Å². The highest BCUT2D eigenvalue weighted by Gasteiger charge is 2.28. The number of carboxylic acid groups (broad SMARTS) is 1. The summed E-state index contributed by atoms with van der Waals surface area (Å²) in [6, 6.07) is 8.80. The van der Waals surface area contributed by atoms with Crippen LogP contribution in [-0.4, -0.2) is 49.3 Å². The maximum atomic E-state index is 13.2. The number of amides is 1. The number of aromatic carboxylic acids is 1. The van der Waals surface area contributed by atoms with Crippen molar-refractivity contribution in [1.29, 1.82) is 0 Å². The molecule has 0 spiro atoms. The van der Waals surface area contributed by atoms with E-state index >= 15 is 0 Å². The molecule has 1 aromatic carbocycles. The van der Waals surface area contributed by atoms with Gasteiger partial charge in [-0.2, -0.15) is 0 Å². The maximum absolute atomic E-state index is 13.2. The van der Waals surface area contributed by atoms with Gasteiger partial charge in [0, 0.05) is 25.5 Å². The molecule has 144 valence electrons. The van der Waals surface area contributed by atoms with Crippen LogP contribution in [0.3, 0.4) is 0 Å². The van der Waals surface area contributed by atoms with E-state index in [0.717, 1.165) is 31.4 Å². The molecule has 4 rings (SSSR count). The number of likely N-dealkylation sites (tertiary alicyclic amines) is 1. The number of hydrogen-bond acceptors (Lipinski definition) is 4. The van der Waals surface area contributed by atoms with Gasteiger partial charge in [-0.15, -0.1) is 0 Å². The van der Waals surface area contributed by atoms with Gasteiger partial charge in [-0.3, -0.25) is 9.20 Å². The van der Waals surface area contributed by atoms with Crippen molar-refractivity contribution in [3.05, 3.63) is 65.2 Å². The molecular weight excluding hydrogens is 356 g/mol. The Morgan fingerprint density at radius 2 is 2.04 bits per heavy atom. The van der Waals surface area contributed by atoms with Crippen LogP contribution in [0, 0.1) is 12.8 Å². The van der Waals surface area contributed by atoms with Crippen LogP contribution in [0.5, 0.6) is 0 Å². The summed E-state index contributed by atoms with van der Waals surface area (Å²) in [5, 5.41) is 9.03. The van der Waals surface area contributed by atoms with E-state index in [1.807, 2.05) is 30.2 Å². The molecule has 1 atom stereocenters. The van der Waals surface area contributed by atoms with Crippen LogP contribution in [0.4, 0.5) is 0 Å². The topological polar surface area (TPSA) is 87.8 Å². The molecule has 1 aliphatic rings. The van der Waals surface area contributed by atoms with Crippen LogP contribution >= 0.6 is 0 Å². The van der Waals surface area contributed by atoms with Crippen LogP contribution in [0.25, 0.3) is 5.78 Å². The summed E-state index contributed by atoms with van der Waals surface area (Å²) >= 11 is 0. The van der Waals surface area contributed by atoms with Crippen molar-refractivity contribution in [2.75, 3.05) is 13.1 Å². The maximum Gasteiger partial charge on any atom is 0.335 e. The lowest BCUT2D eigenvalue weighted by atomic mass is 9.91. The summed E-state index contributed by atoms with van der Waals surface area (Å²) in [5.74, 6) is -0.0377. The Hall–Kier alpha value is -3.22. The highest BCUT2D eigenvalue weighted by molar-refractivity contribution is 5.94. The predicted molar refractivity (Wildman–Crippen MR) is 103 cm³/mol. The lowest BCUT2D eigenvalue weighted by molar-refractivity contribution is 0.0662. The number of benzene rings is 1. The molecule has 7 nitrogen and oxygen atoms in total. The third-order valence-electron chi connectivity index (χ3n) is 5.31. The summed E-state index contributed by atoms with van der Waals surface area (Å²) in [5.41, 5.74) is 2.66. The van der Waals surface area contributed by atoms with Crippen LogP contribution in [-0.2, 0) is 6.42 Å². The molecule has 7 heteroatoms. The highest BCUT2D eigenvalue weighted by Crippen LogP contribution is 2.23. The molecular formula is C21H22N4O3. The molecule has 3 heterocycles. The zero-order valence-corrected chi connectivity index (χ0v) is 15.7. The number of carbonyl (C=O) groups excluding carboxylic acids is 1. The van der Waals surface area contributed by atoms with E-state index in [9.17, 15) is 9.59 Å². The van der Waals surface area contributed by atoms with Crippen LogP contribution in [0.1, 0.15) is 44.9 Å². The fourth-order valence-corrected chi connectivity index (χ4v) is 3.94. The monoisotopic (exact) mass is 378 g/mol. The standard InChI is InChI=1S/C21H22N4O3/c1-14-18(25-11-3-9-22-21(25)23-14)19(26)24-10-2-4-16(13-24)12-15-5-7-17(8-6-15)20(27)28/h3,5-9,11,16H,2,4,10,12-13H2,1H3,(H,27,28)/t16-/m0/s1. The number of aryl methyl sites for hydroxylation is 1. The van der Waals surface area contributed by atoms with E-state index in [4.69, 9.17) is 5.11 Å². The first-order valence-electron chi connectivity index (χ1n) is 9.44. The molecule has 2 aromatic heterocycles. The molecule has 0 aliphatic carbocycles. The molecule has 1 fully saturated rings. The number of piperidine rings is 1. The Kier molecular flexibility index (Phi) is 4.81. The third-order valence-corrected chi connectivity index (χ3v) is 5.31. The normalized spacial score (nSPS) is 17.0. The van der Waals surface area contributed by atoms with Crippen molar-refractivity contribution >= 4 is 17.7 Å². The lowest BCUT2D eigenvalue weighted by Gasteiger charge is -2.33. The van der Waals surface area contributed by atoms with Crippen LogP contribution in [0.2, 0.25) is 0 Å². The van der Waals surface area contributed by atoms with Gasteiger partial charge >= 0.3 is 5.97 Å². The van der Waals surface area contributed by atoms with E-state index < -0.39 is 5.97 Å². The van der Waals surface area contributed by atoms with Gasteiger partial charge in [0.2, 0.25) is 5.78 Å². The Morgan fingerprint density at radius 3 is 2.79 bits per heavy atom. The summed E-state index contributed by atoms with van der Waals surface area (Å²) in [6.45, 7) is 3.26. The minimum Gasteiger partial charge on any atom is -0.478 e. The van der Waals surface area contributed by atoms with Gasteiger partial charge in [0.25, 0.3) is 5.91 Å². The molecule has 3 aromatic rings. The van der Waals surface area contributed by atoms with Gasteiger partial charge in [0.05, 0.1) is 11.3 Å². The Bertz CT molecular complexity index is 1030. The second kappa shape index (κ2) is 7.42. The van der Waals surface area contributed by atoms with Crippen molar-refractivity contribution in [2.45, 2.75) is 26.2 Å². The molecule has 1 N–H and O–H groups in total. The van der Waals surface area contributed by atoms with Crippen molar-refractivity contribution in [3.8, 4) is 0 Å². The third kappa shape index (κ3) is 3.47. The number of carbonyl (C=O) groups is 2. The second-order valence-corrected chi connectivity index (χ2v) is 7.30. The van der Waals surface area contributed by atoms with Gasteiger partial charge in [0.15, 0.2) is 0 Å². The van der Waals surface area contributed by atoms with E-state index in [2.05, 4.69) is 9.97 Å². The van der Waals surface area contributed by atoms with Gasteiger partial charge in [-0.05, 0) is 55.9 Å². The summed E-state index contributed by atoms with van der Waals surface area (Å²) in [7, 11) is 0. The molecule has 0 radical (unpaired) electrons. The van der Waals surface area contributed by atoms with Gasteiger partial charge in [-0.25, -0.2) is 14.8 Å². The molecule has 1 aliphatic heterocycles. The van der Waals surface area contributed by atoms with Gasteiger partial charge < -0.3 is 10.0 Å². The fourth-order valence-electron chi connectivity index (χ4n) is 3.94. The smallest absolute Gasteiger partial charge is 0.335 e. The minimum absolute atomic E-state index is 0.0103. The zero-order valence-electron chi connectivity index (χ0n) is 15.7. The molecule has 28 heavy (non-hydrogen) atoms. The summed E-state index contributed by atoms with van der Waals surface area (Å²) in [6.07, 6.45) is 6.33. The molecule has 0 bridgehead atoms. The lowest BCUT2D eigenvalue weighted by Crippen LogP contribution is -2.41. The quantitative estimate of drug-likeness (QED) is 0.754. The highest BCUT2D eigenvalue weighted by atomic mass is 16.4. The number of rotatable bonds is 4. The summed E-state index contributed by atoms with van der Waals surface area (Å²) in [4.78, 5) is 34.7. The van der Waals surface area contributed by atoms with Crippen LogP contribution in [0.15, 0.2) is 42.7 Å². The van der Waals surface area contributed by atoms with E-state index in [1.54, 1.807) is 28.8 Å². The van der Waals surface area contributed by atoms with Crippen molar-refractivity contribution < 1.29 is 14.7 Å². The molecule has 1 amide bonds. The van der Waals surface area contributed by atoms with E-state index in [0.29, 0.717) is 35.2 Å². The Balaban J connectivity index is 1.49. The first-order chi connectivity index (χ1) is 13.5. The number of aromatic nitrogens is 3. The minimum atomic E-state index is -0.918. The number of fused-ring (bicyclic) bond motifs is 1. The van der Waals surface area contributed by atoms with Crippen molar-refractivity contribution in [1.82, 2.24) is 19.3 Å². The Labute approximate surface area is 162 Å². The second-order valence-electron chi connectivity index (χ2n) is 7.30. The van der Waals surface area contributed by atoms with Crippen LogP contribution < -0.4 is 0 Å². The van der Waals surface area contributed by atoms with Crippen molar-refractivity contribution in [3.63, 3.8) is 0 Å². The average Bonchev–Trinajstić information content (AvgIpc) is 3.03. The van der Waals surface area contributed by atoms with Crippen molar-refractivity contribution in [2.24, 2.45) is 5.92 Å². The molecule has 0 saturated carbocycles. The predicted octanol–water partition coefficient (Wildman–Crippen LogP) is 2.83. The Morgan fingerprint density at radius 1 is 1.25 bits per heavy atom. The average molecular weight is 378 g/mol. The zero-order chi connectivity index (χ0) is 19.7. The number of imidazole rings is 1. The SMILES string of the molecule is Cc1nc2ncccn2c1C(=O)N1CCC[C@@H](Cc2ccc(C(=O)O)cc2)C1. The molecule has 0 unspecified atom stereocenters. The number of hydrogen-bond donors (Lipinski definition) is 1. The number of carboxylic acids is 1.